The molecule has 280 valence electrons. The maximum absolute atomic E-state index is 13.5. The predicted molar refractivity (Wildman–Crippen MR) is 186 cm³/mol. The van der Waals surface area contributed by atoms with Crippen molar-refractivity contribution in [1.82, 2.24) is 39.2 Å². The fourth-order valence-electron chi connectivity index (χ4n) is 6.65. The van der Waals surface area contributed by atoms with Gasteiger partial charge >= 0.3 is 6.18 Å². The van der Waals surface area contributed by atoms with Crippen LogP contribution in [0.5, 0.6) is 5.88 Å². The van der Waals surface area contributed by atoms with Gasteiger partial charge in [0.1, 0.15) is 31.4 Å². The van der Waals surface area contributed by atoms with Crippen LogP contribution < -0.4 is 4.74 Å². The molecule has 0 atom stereocenters. The van der Waals surface area contributed by atoms with E-state index in [1.54, 1.807) is 6.20 Å². The average molecular weight is 762 g/mol. The summed E-state index contributed by atoms with van der Waals surface area (Å²) in [6.45, 7) is 8.67. The van der Waals surface area contributed by atoms with Gasteiger partial charge in [0.05, 0.1) is 41.9 Å². The molecule has 0 unspecified atom stereocenters. The molecule has 0 N–H and O–H groups in total. The van der Waals surface area contributed by atoms with E-state index >= 15 is 0 Å². The number of hydrogen-bond acceptors (Lipinski definition) is 12. The van der Waals surface area contributed by atoms with Crippen molar-refractivity contribution in [2.24, 2.45) is 0 Å². The van der Waals surface area contributed by atoms with E-state index in [9.17, 15) is 26.9 Å². The first-order valence-corrected chi connectivity index (χ1v) is 22.5. The first kappa shape index (κ1) is 37.8. The van der Waals surface area contributed by atoms with Crippen LogP contribution in [0.15, 0.2) is 37.1 Å². The summed E-state index contributed by atoms with van der Waals surface area (Å²) >= 11 is 0. The van der Waals surface area contributed by atoms with Crippen LogP contribution in [0.3, 0.4) is 0 Å². The van der Waals surface area contributed by atoms with E-state index in [1.165, 1.54) is 12.4 Å². The van der Waals surface area contributed by atoms with Gasteiger partial charge in [-0.1, -0.05) is 19.6 Å². The number of nitrogens with zero attached hydrogens (tertiary/aromatic N) is 9. The molecule has 0 amide bonds. The Kier molecular flexibility index (Phi) is 10.8. The third-order valence-corrected chi connectivity index (χ3v) is 11.7. The van der Waals surface area contributed by atoms with Crippen LogP contribution in [0.4, 0.5) is 13.2 Å². The fourth-order valence-corrected chi connectivity index (χ4v) is 7.74. The van der Waals surface area contributed by atoms with Crippen LogP contribution in [-0.4, -0.2) is 93.8 Å². The van der Waals surface area contributed by atoms with Gasteiger partial charge < -0.3 is 14.0 Å². The molecule has 4 aromatic rings. The maximum Gasteiger partial charge on any atom is 0.451 e. The Morgan fingerprint density at radius 2 is 1.88 bits per heavy atom. The van der Waals surface area contributed by atoms with Gasteiger partial charge in [-0.3, -0.25) is 13.8 Å². The Hall–Kier alpha value is -3.96. The van der Waals surface area contributed by atoms with Gasteiger partial charge in [0.2, 0.25) is 11.7 Å². The molecule has 2 aliphatic rings. The minimum atomic E-state index is -4.85. The molecule has 5 heterocycles. The molecule has 0 bridgehead atoms. The highest BCUT2D eigenvalue weighted by atomic mass is 32.2. The third kappa shape index (κ3) is 8.97. The zero-order valence-corrected chi connectivity index (χ0v) is 31.3. The van der Waals surface area contributed by atoms with Gasteiger partial charge in [-0.25, -0.2) is 15.0 Å². The number of ether oxygens (including phenoxy) is 2. The van der Waals surface area contributed by atoms with Crippen molar-refractivity contribution in [1.29, 1.82) is 5.26 Å². The van der Waals surface area contributed by atoms with Crippen LogP contribution in [0, 0.1) is 11.3 Å². The lowest BCUT2D eigenvalue weighted by molar-refractivity contribution is -0.145. The van der Waals surface area contributed by atoms with Crippen LogP contribution in [0.25, 0.3) is 22.3 Å². The van der Waals surface area contributed by atoms with Crippen molar-refractivity contribution in [2.75, 3.05) is 26.0 Å². The average Bonchev–Trinajstić information content (AvgIpc) is 3.71. The number of hydrogen-bond donors (Lipinski definition) is 0. The normalized spacial score (nSPS) is 20.5. The number of rotatable bonds is 14. The van der Waals surface area contributed by atoms with Gasteiger partial charge in [-0.2, -0.15) is 36.9 Å². The standard InChI is InChI=1S/C33H42F3N9O5SSi/c1-51(46,47)49-20-24-15-28(42-31(41-24)33(34,35)36)50-26-5-10-43(11-6-26)25-16-32(17-25,8-9-37)45-19-23(18-40-45)29-27-7-12-44(30(27)39-21-38-29)22-48-13-14-52(2,3)4/h7,12,15,18-19,21,25-26H,5-6,8,10-11,13-14,16-17,20,22H2,1-4H3. The Labute approximate surface area is 301 Å². The molecule has 6 rings (SSSR count). The molecule has 0 radical (unpaired) electrons. The third-order valence-electron chi connectivity index (χ3n) is 9.47. The Morgan fingerprint density at radius 1 is 1.13 bits per heavy atom. The van der Waals surface area contributed by atoms with Crippen molar-refractivity contribution >= 4 is 29.2 Å². The highest BCUT2D eigenvalue weighted by Crippen LogP contribution is 2.46. The predicted octanol–water partition coefficient (Wildman–Crippen LogP) is 5.21. The number of nitriles is 1. The van der Waals surface area contributed by atoms with Crippen molar-refractivity contribution in [3.63, 3.8) is 0 Å². The van der Waals surface area contributed by atoms with Crippen LogP contribution in [0.2, 0.25) is 25.7 Å². The molecule has 1 aliphatic carbocycles. The van der Waals surface area contributed by atoms with E-state index in [2.05, 4.69) is 54.7 Å². The second-order valence-electron chi connectivity index (χ2n) is 14.7. The molecule has 2 fully saturated rings. The molecule has 4 aromatic heterocycles. The smallest absolute Gasteiger partial charge is 0.451 e. The van der Waals surface area contributed by atoms with E-state index < -0.39 is 48.4 Å². The quantitative estimate of drug-likeness (QED) is 0.0939. The number of piperidine rings is 1. The van der Waals surface area contributed by atoms with E-state index in [0.29, 0.717) is 52.1 Å². The minimum absolute atomic E-state index is 0.193. The van der Waals surface area contributed by atoms with Crippen LogP contribution in [-0.2, 0) is 44.1 Å². The summed E-state index contributed by atoms with van der Waals surface area (Å²) in [6, 6.07) is 6.77. The number of halogens is 3. The number of likely N-dealkylation sites (tertiary alicyclic amines) is 1. The lowest BCUT2D eigenvalue weighted by atomic mass is 9.69. The summed E-state index contributed by atoms with van der Waals surface area (Å²) in [4.78, 5) is 18.3. The SMILES string of the molecule is C[Si](C)(C)CCOCn1ccc2c(-c3cnn(C4(CC#N)CC(N5CCC(Oc6cc(COS(C)(=O)=O)nc(C(F)(F)F)n6)CC5)C4)c3)ncnc21. The number of alkyl halides is 3. The summed E-state index contributed by atoms with van der Waals surface area (Å²) in [7, 11) is -5.09. The van der Waals surface area contributed by atoms with Gasteiger partial charge in [-0.15, -0.1) is 0 Å². The van der Waals surface area contributed by atoms with Gasteiger partial charge in [0.15, 0.2) is 0 Å². The molecule has 1 saturated heterocycles. The van der Waals surface area contributed by atoms with Gasteiger partial charge in [0.25, 0.3) is 10.1 Å². The van der Waals surface area contributed by atoms with Crippen LogP contribution in [0.1, 0.15) is 43.6 Å². The van der Waals surface area contributed by atoms with Crippen molar-refractivity contribution in [2.45, 2.75) is 95.0 Å². The Bertz CT molecular complexity index is 2030. The summed E-state index contributed by atoms with van der Waals surface area (Å²) in [5.74, 6) is -1.72. The second kappa shape index (κ2) is 14.8. The number of aromatic nitrogens is 7. The van der Waals surface area contributed by atoms with Crippen molar-refractivity contribution < 1.29 is 35.2 Å². The largest absolute Gasteiger partial charge is 0.474 e. The molecule has 1 aliphatic heterocycles. The highest BCUT2D eigenvalue weighted by molar-refractivity contribution is 7.85. The molecule has 0 aromatic carbocycles. The first-order valence-electron chi connectivity index (χ1n) is 17.0. The highest BCUT2D eigenvalue weighted by Gasteiger charge is 2.49. The summed E-state index contributed by atoms with van der Waals surface area (Å²) in [5, 5.41) is 15.4. The van der Waals surface area contributed by atoms with Crippen molar-refractivity contribution in [3.05, 3.63) is 48.6 Å². The van der Waals surface area contributed by atoms with E-state index in [-0.39, 0.29) is 24.0 Å². The first-order chi connectivity index (χ1) is 24.5. The van der Waals surface area contributed by atoms with E-state index in [0.717, 1.165) is 34.6 Å². The van der Waals surface area contributed by atoms with E-state index in [4.69, 9.17) is 14.6 Å². The monoisotopic (exact) mass is 761 g/mol. The Morgan fingerprint density at radius 3 is 2.56 bits per heavy atom. The summed E-state index contributed by atoms with van der Waals surface area (Å²) in [5.41, 5.74) is 1.62. The van der Waals surface area contributed by atoms with Gasteiger partial charge in [0, 0.05) is 63.2 Å². The zero-order chi connectivity index (χ0) is 37.3. The second-order valence-corrected chi connectivity index (χ2v) is 22.0. The lowest BCUT2D eigenvalue weighted by Crippen LogP contribution is -2.58. The topological polar surface area (TPSA) is 163 Å². The van der Waals surface area contributed by atoms with Crippen LogP contribution >= 0.6 is 0 Å². The van der Waals surface area contributed by atoms with Crippen molar-refractivity contribution in [3.8, 4) is 23.2 Å². The fraction of sp³-hybridized carbons (Fsp3) is 0.576. The molecule has 14 nitrogen and oxygen atoms in total. The lowest BCUT2D eigenvalue weighted by Gasteiger charge is -2.52. The maximum atomic E-state index is 13.5. The van der Waals surface area contributed by atoms with E-state index in [1.807, 2.05) is 27.7 Å². The minimum Gasteiger partial charge on any atom is -0.474 e. The molecular formula is C33H42F3N9O5SSi. The molecule has 0 spiro atoms. The zero-order valence-electron chi connectivity index (χ0n) is 29.5. The summed E-state index contributed by atoms with van der Waals surface area (Å²) in [6.07, 6.45) is 5.55. The molecular weight excluding hydrogens is 720 g/mol. The van der Waals surface area contributed by atoms with Gasteiger partial charge in [-0.05, 0) is 37.8 Å². The Balaban J connectivity index is 1.07. The summed E-state index contributed by atoms with van der Waals surface area (Å²) < 4.78 is 83.4. The molecule has 52 heavy (non-hydrogen) atoms. The number of fused-ring (bicyclic) bond motifs is 1. The molecule has 19 heteroatoms. The molecule has 1 saturated carbocycles.